The van der Waals surface area contributed by atoms with Crippen LogP contribution in [0, 0.1) is 0 Å². The van der Waals surface area contributed by atoms with Crippen LogP contribution in [-0.4, -0.2) is 42.1 Å². The first-order chi connectivity index (χ1) is 10.4. The number of rotatable bonds is 10. The molecule has 2 aliphatic rings. The van der Waals surface area contributed by atoms with E-state index in [9.17, 15) is 0 Å². The van der Waals surface area contributed by atoms with Gasteiger partial charge in [0.25, 0.3) is 0 Å². The van der Waals surface area contributed by atoms with Crippen LogP contribution in [0.4, 0.5) is 0 Å². The molecule has 23 heavy (non-hydrogen) atoms. The molecule has 2 aliphatic heterocycles. The highest BCUT2D eigenvalue weighted by Crippen LogP contribution is 2.50. The standard InChI is InChI=1S/C18H38O3Si2/c1-17(2,11-9-15-13-19-15)22(5,6)21-23(7,8)18(3,4)12-10-16-14-20-16/h15-16H,9-14H2,1-8H3. The van der Waals surface area contributed by atoms with Gasteiger partial charge in [-0.05, 0) is 61.9 Å². The average Bonchev–Trinajstić information content (AvgIpc) is 3.25. The van der Waals surface area contributed by atoms with Crippen molar-refractivity contribution >= 4 is 16.6 Å². The molecule has 5 heteroatoms. The minimum absolute atomic E-state index is 0.291. The molecule has 2 fully saturated rings. The summed E-state index contributed by atoms with van der Waals surface area (Å²) in [6.45, 7) is 21.3. The van der Waals surface area contributed by atoms with Crippen LogP contribution in [0.25, 0.3) is 0 Å². The number of epoxide rings is 2. The Hall–Kier alpha value is 0.314. The Bertz CT molecular complexity index is 372. The van der Waals surface area contributed by atoms with Gasteiger partial charge in [-0.15, -0.1) is 0 Å². The number of hydrogen-bond donors (Lipinski definition) is 0. The lowest BCUT2D eigenvalue weighted by atomic mass is 10.1. The fourth-order valence-corrected chi connectivity index (χ4v) is 11.8. The average molecular weight is 359 g/mol. The van der Waals surface area contributed by atoms with Crippen LogP contribution in [-0.2, 0) is 13.6 Å². The van der Waals surface area contributed by atoms with E-state index in [4.69, 9.17) is 13.6 Å². The van der Waals surface area contributed by atoms with Crippen molar-refractivity contribution in [1.29, 1.82) is 0 Å². The van der Waals surface area contributed by atoms with Gasteiger partial charge in [-0.1, -0.05) is 27.7 Å². The first-order valence-corrected chi connectivity index (χ1v) is 15.1. The summed E-state index contributed by atoms with van der Waals surface area (Å²) in [4.78, 5) is 0. The van der Waals surface area contributed by atoms with Gasteiger partial charge in [0.1, 0.15) is 0 Å². The summed E-state index contributed by atoms with van der Waals surface area (Å²) < 4.78 is 17.9. The van der Waals surface area contributed by atoms with Gasteiger partial charge >= 0.3 is 0 Å². The predicted octanol–water partition coefficient (Wildman–Crippen LogP) is 5.33. The van der Waals surface area contributed by atoms with Crippen molar-refractivity contribution in [2.24, 2.45) is 0 Å². The summed E-state index contributed by atoms with van der Waals surface area (Å²) in [7, 11) is -3.56. The molecule has 0 aromatic heterocycles. The van der Waals surface area contributed by atoms with Gasteiger partial charge in [-0.3, -0.25) is 0 Å². The maximum atomic E-state index is 7.06. The van der Waals surface area contributed by atoms with Crippen molar-refractivity contribution in [1.82, 2.24) is 0 Å². The van der Waals surface area contributed by atoms with Crippen molar-refractivity contribution in [3.05, 3.63) is 0 Å². The quantitative estimate of drug-likeness (QED) is 0.391. The van der Waals surface area contributed by atoms with Gasteiger partial charge in [-0.25, -0.2) is 0 Å². The smallest absolute Gasteiger partial charge is 0.179 e. The van der Waals surface area contributed by atoms with Crippen molar-refractivity contribution in [3.63, 3.8) is 0 Å². The molecule has 3 nitrogen and oxygen atoms in total. The maximum Gasteiger partial charge on any atom is 0.179 e. The van der Waals surface area contributed by atoms with Crippen LogP contribution in [0.3, 0.4) is 0 Å². The van der Waals surface area contributed by atoms with Gasteiger partial charge < -0.3 is 13.6 Å². The monoisotopic (exact) mass is 358 g/mol. The van der Waals surface area contributed by atoms with Crippen LogP contribution < -0.4 is 0 Å². The highest BCUT2D eigenvalue weighted by Gasteiger charge is 2.50. The Labute approximate surface area is 145 Å². The third-order valence-corrected chi connectivity index (χ3v) is 17.9. The van der Waals surface area contributed by atoms with Crippen molar-refractivity contribution in [3.8, 4) is 0 Å². The van der Waals surface area contributed by atoms with E-state index in [2.05, 4.69) is 53.9 Å². The first kappa shape index (κ1) is 19.6. The van der Waals surface area contributed by atoms with Crippen LogP contribution in [0.1, 0.15) is 53.4 Å². The van der Waals surface area contributed by atoms with Gasteiger partial charge in [0.15, 0.2) is 16.6 Å². The largest absolute Gasteiger partial charge is 0.455 e. The van der Waals surface area contributed by atoms with Gasteiger partial charge in [0.2, 0.25) is 0 Å². The number of ether oxygens (including phenoxy) is 2. The second-order valence-corrected chi connectivity index (χ2v) is 19.4. The summed E-state index contributed by atoms with van der Waals surface area (Å²) >= 11 is 0. The van der Waals surface area contributed by atoms with E-state index < -0.39 is 16.6 Å². The molecule has 0 bridgehead atoms. The Morgan fingerprint density at radius 2 is 1.09 bits per heavy atom. The Morgan fingerprint density at radius 3 is 1.35 bits per heavy atom. The minimum Gasteiger partial charge on any atom is -0.455 e. The van der Waals surface area contributed by atoms with E-state index >= 15 is 0 Å². The molecule has 0 spiro atoms. The van der Waals surface area contributed by atoms with Crippen molar-refractivity contribution in [2.45, 2.75) is 102 Å². The first-order valence-electron chi connectivity index (χ1n) is 9.30. The minimum atomic E-state index is -1.78. The molecule has 0 amide bonds. The molecule has 2 atom stereocenters. The molecule has 2 rings (SSSR count). The summed E-state index contributed by atoms with van der Waals surface area (Å²) in [6.07, 6.45) is 5.88. The topological polar surface area (TPSA) is 34.3 Å². The molecule has 0 radical (unpaired) electrons. The third kappa shape index (κ3) is 5.14. The third-order valence-electron chi connectivity index (χ3n) is 6.76. The Balaban J connectivity index is 1.96. The lowest BCUT2D eigenvalue weighted by molar-refractivity contribution is 0.354. The van der Waals surface area contributed by atoms with Crippen LogP contribution in [0.5, 0.6) is 0 Å². The SMILES string of the molecule is CC(C)(CCC1CO1)[Si](C)(C)O[Si](C)(C)C(C)(C)CCC1CO1. The normalized spacial score (nSPS) is 25.6. The van der Waals surface area contributed by atoms with E-state index in [1.165, 1.54) is 25.7 Å². The van der Waals surface area contributed by atoms with Crippen molar-refractivity contribution in [2.75, 3.05) is 13.2 Å². The molecule has 2 heterocycles. The number of hydrogen-bond acceptors (Lipinski definition) is 3. The molecular weight excluding hydrogens is 320 g/mol. The second-order valence-electron chi connectivity index (χ2n) is 9.88. The lowest BCUT2D eigenvalue weighted by Gasteiger charge is -2.49. The fraction of sp³-hybridized carbons (Fsp3) is 1.00. The van der Waals surface area contributed by atoms with E-state index in [1.54, 1.807) is 0 Å². The fourth-order valence-electron chi connectivity index (χ4n) is 3.03. The van der Waals surface area contributed by atoms with Crippen LogP contribution in [0.15, 0.2) is 0 Å². The molecular formula is C18H38O3Si2. The molecule has 2 saturated heterocycles. The van der Waals surface area contributed by atoms with E-state index in [0.717, 1.165) is 13.2 Å². The van der Waals surface area contributed by atoms with Gasteiger partial charge in [-0.2, -0.15) is 0 Å². The second kappa shape index (κ2) is 6.56. The highest BCUT2D eigenvalue weighted by molar-refractivity contribution is 6.87. The van der Waals surface area contributed by atoms with E-state index in [-0.39, 0.29) is 0 Å². The maximum absolute atomic E-state index is 7.06. The molecule has 136 valence electrons. The van der Waals surface area contributed by atoms with Gasteiger partial charge in [0.05, 0.1) is 25.4 Å². The molecule has 0 aliphatic carbocycles. The summed E-state index contributed by atoms with van der Waals surface area (Å²) in [5.41, 5.74) is 0. The molecule has 0 saturated carbocycles. The van der Waals surface area contributed by atoms with Crippen LogP contribution in [0.2, 0.25) is 36.3 Å². The van der Waals surface area contributed by atoms with Crippen molar-refractivity contribution < 1.29 is 13.6 Å². The zero-order valence-corrected chi connectivity index (χ0v) is 18.6. The molecule has 0 N–H and O–H groups in total. The summed E-state index contributed by atoms with van der Waals surface area (Å²) in [5, 5.41) is 0.581. The highest BCUT2D eigenvalue weighted by atomic mass is 28.4. The molecule has 2 unspecified atom stereocenters. The predicted molar refractivity (Wildman–Crippen MR) is 102 cm³/mol. The van der Waals surface area contributed by atoms with E-state index in [1.807, 2.05) is 0 Å². The molecule has 0 aromatic carbocycles. The Kier molecular flexibility index (Phi) is 5.60. The lowest BCUT2D eigenvalue weighted by Crippen LogP contribution is -2.55. The zero-order chi connectivity index (χ0) is 17.5. The van der Waals surface area contributed by atoms with Gasteiger partial charge in [0, 0.05) is 0 Å². The Morgan fingerprint density at radius 1 is 0.783 bits per heavy atom. The van der Waals surface area contributed by atoms with Crippen LogP contribution >= 0.6 is 0 Å². The summed E-state index contributed by atoms with van der Waals surface area (Å²) in [5.74, 6) is 0. The summed E-state index contributed by atoms with van der Waals surface area (Å²) in [6, 6.07) is 0. The zero-order valence-electron chi connectivity index (χ0n) is 16.6. The van der Waals surface area contributed by atoms with E-state index in [0.29, 0.717) is 22.3 Å². The molecule has 0 aromatic rings.